The Morgan fingerprint density at radius 1 is 0.886 bits per heavy atom. The number of halogens is 3. The van der Waals surface area contributed by atoms with Crippen LogP contribution in [0, 0.1) is 0 Å². The Balaban J connectivity index is 1.65. The zero-order chi connectivity index (χ0) is 31.4. The average molecular weight is 757 g/mol. The van der Waals surface area contributed by atoms with Gasteiger partial charge in [-0.05, 0) is 85.0 Å². The Labute approximate surface area is 279 Å². The Morgan fingerprint density at radius 2 is 1.57 bits per heavy atom. The third kappa shape index (κ3) is 7.24. The molecule has 10 heteroatoms. The van der Waals surface area contributed by atoms with Crippen molar-refractivity contribution in [3.8, 4) is 0 Å². The van der Waals surface area contributed by atoms with Gasteiger partial charge in [-0.15, -0.1) is 0 Å². The first-order valence-corrected chi connectivity index (χ1v) is 17.3. The van der Waals surface area contributed by atoms with Crippen LogP contribution in [0.25, 0.3) is 0 Å². The molecule has 5 rings (SSSR count). The van der Waals surface area contributed by atoms with E-state index in [9.17, 15) is 18.0 Å². The number of hydrogen-bond acceptors (Lipinski definition) is 4. The maximum atomic E-state index is 14.6. The molecule has 4 aromatic rings. The van der Waals surface area contributed by atoms with Crippen molar-refractivity contribution < 1.29 is 18.0 Å². The van der Waals surface area contributed by atoms with Crippen molar-refractivity contribution in [2.45, 2.75) is 42.8 Å². The molecular weight excluding hydrogens is 728 g/mol. The second-order valence-corrected chi connectivity index (χ2v) is 14.6. The summed E-state index contributed by atoms with van der Waals surface area (Å²) in [4.78, 5) is 26.9. The first kappa shape index (κ1) is 32.3. The number of ketones is 1. The van der Waals surface area contributed by atoms with Gasteiger partial charge < -0.3 is 5.32 Å². The van der Waals surface area contributed by atoms with Crippen molar-refractivity contribution in [2.24, 2.45) is 0 Å². The first-order chi connectivity index (χ1) is 21.0. The van der Waals surface area contributed by atoms with E-state index in [0.717, 1.165) is 14.5 Å². The van der Waals surface area contributed by atoms with Crippen LogP contribution in [-0.4, -0.2) is 30.5 Å². The van der Waals surface area contributed by atoms with Gasteiger partial charge in [0.2, 0.25) is 15.9 Å². The summed E-state index contributed by atoms with van der Waals surface area (Å²) in [5.74, 6) is -0.708. The molecule has 0 aromatic heterocycles. The van der Waals surface area contributed by atoms with E-state index in [4.69, 9.17) is 11.6 Å². The van der Waals surface area contributed by atoms with Crippen LogP contribution in [0.1, 0.15) is 42.1 Å². The number of benzene rings is 4. The summed E-state index contributed by atoms with van der Waals surface area (Å²) in [7, 11) is -4.19. The minimum absolute atomic E-state index is 0.0834. The van der Waals surface area contributed by atoms with Crippen LogP contribution < -0.4 is 5.32 Å². The van der Waals surface area contributed by atoms with Gasteiger partial charge in [0.1, 0.15) is 0 Å². The molecule has 6 nitrogen and oxygen atoms in total. The van der Waals surface area contributed by atoms with Gasteiger partial charge in [0.15, 0.2) is 5.78 Å². The van der Waals surface area contributed by atoms with Gasteiger partial charge >= 0.3 is 0 Å². The van der Waals surface area contributed by atoms with Crippen LogP contribution in [-0.2, 0) is 26.0 Å². The lowest BCUT2D eigenvalue weighted by Gasteiger charge is -2.41. The highest BCUT2D eigenvalue weighted by Crippen LogP contribution is 2.46. The Kier molecular flexibility index (Phi) is 10.2. The molecular formula is C34H29Br2ClN2O4S. The van der Waals surface area contributed by atoms with Gasteiger partial charge in [0.25, 0.3) is 0 Å². The lowest BCUT2D eigenvalue weighted by atomic mass is 9.88. The van der Waals surface area contributed by atoms with Crippen LogP contribution in [0.4, 0.5) is 0 Å². The lowest BCUT2D eigenvalue weighted by Crippen LogP contribution is -2.47. The van der Waals surface area contributed by atoms with E-state index in [0.29, 0.717) is 22.6 Å². The van der Waals surface area contributed by atoms with Crippen molar-refractivity contribution in [3.63, 3.8) is 0 Å². The van der Waals surface area contributed by atoms with Crippen LogP contribution in [0.15, 0.2) is 129 Å². The number of hydrogen-bond donors (Lipinski definition) is 1. The number of carbonyl (C=O) groups excluding carboxylic acids is 2. The van der Waals surface area contributed by atoms with E-state index in [1.54, 1.807) is 48.5 Å². The van der Waals surface area contributed by atoms with Crippen LogP contribution in [0.3, 0.4) is 0 Å². The fraction of sp³-hybridized carbons (Fsp3) is 0.176. The van der Waals surface area contributed by atoms with Crippen LogP contribution in [0.2, 0.25) is 5.02 Å². The first-order valence-electron chi connectivity index (χ1n) is 13.9. The maximum absolute atomic E-state index is 14.6. The lowest BCUT2D eigenvalue weighted by molar-refractivity contribution is -0.125. The minimum Gasteiger partial charge on any atom is -0.342 e. The Hall–Kier alpha value is -3.08. The summed E-state index contributed by atoms with van der Waals surface area (Å²) in [6, 6.07) is 27.7. The highest BCUT2D eigenvalue weighted by molar-refractivity contribution is 9.10. The number of Topliss-reactive ketones (excluding diaryl/α,β-unsaturated/α-hetero) is 1. The molecule has 1 heterocycles. The summed E-state index contributed by atoms with van der Waals surface area (Å²) in [6.45, 7) is 1.44. The number of sulfonamides is 1. The van der Waals surface area contributed by atoms with Gasteiger partial charge in [-0.3, -0.25) is 9.59 Å². The van der Waals surface area contributed by atoms with Gasteiger partial charge in [0, 0.05) is 19.5 Å². The summed E-state index contributed by atoms with van der Waals surface area (Å²) in [5, 5.41) is 3.39. The fourth-order valence-corrected chi connectivity index (χ4v) is 8.07. The molecule has 0 radical (unpaired) electrons. The molecule has 0 saturated carbocycles. The van der Waals surface area contributed by atoms with E-state index < -0.39 is 34.1 Å². The quantitative estimate of drug-likeness (QED) is 0.188. The Morgan fingerprint density at radius 3 is 2.23 bits per heavy atom. The van der Waals surface area contributed by atoms with E-state index in [2.05, 4.69) is 37.2 Å². The van der Waals surface area contributed by atoms with Crippen LogP contribution >= 0.6 is 43.5 Å². The second-order valence-electron chi connectivity index (χ2n) is 10.5. The number of rotatable bonds is 9. The predicted molar refractivity (Wildman–Crippen MR) is 180 cm³/mol. The molecule has 4 aromatic carbocycles. The van der Waals surface area contributed by atoms with Crippen molar-refractivity contribution in [1.82, 2.24) is 9.62 Å². The third-order valence-corrected chi connectivity index (χ3v) is 10.7. The summed E-state index contributed by atoms with van der Waals surface area (Å²) in [5.41, 5.74) is 2.42. The number of nitrogens with zero attached hydrogens (tertiary/aromatic N) is 1. The van der Waals surface area contributed by atoms with Crippen LogP contribution in [0.5, 0.6) is 0 Å². The van der Waals surface area contributed by atoms with E-state index >= 15 is 0 Å². The van der Waals surface area contributed by atoms with E-state index in [-0.39, 0.29) is 22.7 Å². The maximum Gasteiger partial charge on any atom is 0.249 e. The van der Waals surface area contributed by atoms with Crippen molar-refractivity contribution >= 4 is 65.2 Å². The monoisotopic (exact) mass is 754 g/mol. The molecule has 0 saturated heterocycles. The number of amides is 1. The number of nitrogens with one attached hydrogen (secondary N) is 1. The molecule has 44 heavy (non-hydrogen) atoms. The highest BCUT2D eigenvalue weighted by atomic mass is 79.9. The smallest absolute Gasteiger partial charge is 0.249 e. The minimum atomic E-state index is -4.19. The molecule has 1 N–H and O–H groups in total. The second kappa shape index (κ2) is 13.9. The van der Waals surface area contributed by atoms with E-state index in [1.165, 1.54) is 23.4 Å². The van der Waals surface area contributed by atoms with Gasteiger partial charge in [-0.1, -0.05) is 104 Å². The molecule has 1 aliphatic heterocycles. The SMILES string of the molecule is CC(=O)[C@H](Cc1ccccc1)NC(=O)C1=CC[C@@H](c2cccc(Cl)c2)N(S(=O)(=O)c2ccc(Br)cc2)[C@H]1c1cccc(Br)c1. The van der Waals surface area contributed by atoms with Gasteiger partial charge in [0.05, 0.1) is 23.0 Å². The standard InChI is InChI=1S/C34H29Br2ClN2O4S/c1-22(40)31(19-23-7-3-2-4-8-23)38-34(41)30-17-18-32(24-9-6-12-28(37)21-24)39(33(30)25-10-5-11-27(36)20-25)44(42,43)29-15-13-26(35)14-16-29/h2-17,20-21,31-33H,18-19H2,1H3,(H,38,41)/t31-,32-,33-/m0/s1. The summed E-state index contributed by atoms with van der Waals surface area (Å²) >= 11 is 13.3. The number of carbonyl (C=O) groups is 2. The fourth-order valence-electron chi connectivity index (χ4n) is 5.41. The van der Waals surface area contributed by atoms with Crippen molar-refractivity contribution in [2.75, 3.05) is 0 Å². The molecule has 226 valence electrons. The summed E-state index contributed by atoms with van der Waals surface area (Å²) in [6.07, 6.45) is 2.30. The largest absolute Gasteiger partial charge is 0.342 e. The molecule has 0 aliphatic carbocycles. The molecule has 0 spiro atoms. The zero-order valence-electron chi connectivity index (χ0n) is 23.7. The highest BCUT2D eigenvalue weighted by Gasteiger charge is 2.45. The topological polar surface area (TPSA) is 83.6 Å². The normalized spacial score (nSPS) is 17.9. The molecule has 1 amide bonds. The average Bonchev–Trinajstić information content (AvgIpc) is 3.00. The van der Waals surface area contributed by atoms with Gasteiger partial charge in [-0.2, -0.15) is 4.31 Å². The van der Waals surface area contributed by atoms with Crippen molar-refractivity contribution in [3.05, 3.63) is 145 Å². The molecule has 0 unspecified atom stereocenters. The van der Waals surface area contributed by atoms with Crippen molar-refractivity contribution in [1.29, 1.82) is 0 Å². The summed E-state index contributed by atoms with van der Waals surface area (Å²) < 4.78 is 32.1. The molecule has 1 aliphatic rings. The molecule has 0 fully saturated rings. The third-order valence-electron chi connectivity index (χ3n) is 7.55. The molecule has 3 atom stereocenters. The predicted octanol–water partition coefficient (Wildman–Crippen LogP) is 7.98. The van der Waals surface area contributed by atoms with E-state index in [1.807, 2.05) is 48.5 Å². The Bertz CT molecular complexity index is 1810. The molecule has 0 bridgehead atoms. The zero-order valence-corrected chi connectivity index (χ0v) is 28.4. The van der Waals surface area contributed by atoms with Gasteiger partial charge in [-0.25, -0.2) is 8.42 Å².